The standard InChI is InChI=1S/C17H17FN4S/c1-11-7-8-13(9-12(11)2)10-23-17-21-20-16(22(17)19)14-5-3-4-6-15(14)18/h3-9H,10,19H2,1-2H3. The fraction of sp³-hybridized carbons (Fsp3) is 0.176. The molecule has 0 spiro atoms. The number of hydrogen-bond acceptors (Lipinski definition) is 4. The number of nitrogens with two attached hydrogens (primary N) is 1. The first-order chi connectivity index (χ1) is 11.1. The average molecular weight is 328 g/mol. The van der Waals surface area contributed by atoms with Crippen LogP contribution in [0, 0.1) is 19.7 Å². The van der Waals surface area contributed by atoms with E-state index in [2.05, 4.69) is 42.2 Å². The molecule has 23 heavy (non-hydrogen) atoms. The molecule has 3 rings (SSSR count). The molecule has 0 bridgehead atoms. The Kier molecular flexibility index (Phi) is 4.34. The van der Waals surface area contributed by atoms with Gasteiger partial charge < -0.3 is 5.84 Å². The van der Waals surface area contributed by atoms with Crippen LogP contribution in [-0.2, 0) is 5.75 Å². The number of aromatic nitrogens is 3. The first kappa shape index (κ1) is 15.6. The van der Waals surface area contributed by atoms with Crippen LogP contribution in [0.25, 0.3) is 11.4 Å². The number of nitrogen functional groups attached to an aromatic ring is 1. The molecular weight excluding hydrogens is 311 g/mol. The SMILES string of the molecule is Cc1ccc(CSc2nnc(-c3ccccc3F)n2N)cc1C. The summed E-state index contributed by atoms with van der Waals surface area (Å²) in [6.07, 6.45) is 0. The maximum Gasteiger partial charge on any atom is 0.210 e. The first-order valence-electron chi connectivity index (χ1n) is 7.20. The molecule has 4 nitrogen and oxygen atoms in total. The van der Waals surface area contributed by atoms with Crippen molar-refractivity contribution in [3.05, 3.63) is 65.0 Å². The maximum atomic E-state index is 13.9. The fourth-order valence-corrected chi connectivity index (χ4v) is 3.04. The normalized spacial score (nSPS) is 10.9. The second-order valence-electron chi connectivity index (χ2n) is 5.36. The lowest BCUT2D eigenvalue weighted by molar-refractivity contribution is 0.629. The molecule has 0 atom stereocenters. The van der Waals surface area contributed by atoms with E-state index in [0.717, 1.165) is 5.75 Å². The van der Waals surface area contributed by atoms with Gasteiger partial charge in [-0.05, 0) is 42.7 Å². The molecule has 2 N–H and O–H groups in total. The summed E-state index contributed by atoms with van der Waals surface area (Å²) in [5.41, 5.74) is 4.06. The van der Waals surface area contributed by atoms with E-state index >= 15 is 0 Å². The van der Waals surface area contributed by atoms with Crippen molar-refractivity contribution < 1.29 is 4.39 Å². The molecule has 0 aliphatic carbocycles. The number of aryl methyl sites for hydroxylation is 2. The van der Waals surface area contributed by atoms with Gasteiger partial charge in [-0.15, -0.1) is 10.2 Å². The van der Waals surface area contributed by atoms with Crippen molar-refractivity contribution in [1.29, 1.82) is 0 Å². The van der Waals surface area contributed by atoms with Crippen LogP contribution >= 0.6 is 11.8 Å². The number of rotatable bonds is 4. The number of hydrogen-bond donors (Lipinski definition) is 1. The van der Waals surface area contributed by atoms with Crippen molar-refractivity contribution in [2.75, 3.05) is 5.84 Å². The second kappa shape index (κ2) is 6.42. The summed E-state index contributed by atoms with van der Waals surface area (Å²) in [5.74, 6) is 6.72. The zero-order chi connectivity index (χ0) is 16.4. The summed E-state index contributed by atoms with van der Waals surface area (Å²) in [6.45, 7) is 4.18. The highest BCUT2D eigenvalue weighted by atomic mass is 32.2. The lowest BCUT2D eigenvalue weighted by Gasteiger charge is -2.06. The predicted octanol–water partition coefficient (Wildman–Crippen LogP) is 3.71. The molecule has 0 fully saturated rings. The van der Waals surface area contributed by atoms with Crippen molar-refractivity contribution in [3.63, 3.8) is 0 Å². The van der Waals surface area contributed by atoms with Crippen LogP contribution in [0.3, 0.4) is 0 Å². The van der Waals surface area contributed by atoms with Crippen LogP contribution in [0.15, 0.2) is 47.6 Å². The van der Waals surface area contributed by atoms with Gasteiger partial charge in [0.05, 0.1) is 5.56 Å². The van der Waals surface area contributed by atoms with Gasteiger partial charge in [0.1, 0.15) is 5.82 Å². The summed E-state index contributed by atoms with van der Waals surface area (Å²) in [7, 11) is 0. The Hall–Kier alpha value is -2.34. The van der Waals surface area contributed by atoms with E-state index in [1.807, 2.05) is 0 Å². The monoisotopic (exact) mass is 328 g/mol. The molecule has 1 aromatic heterocycles. The van der Waals surface area contributed by atoms with Crippen molar-refractivity contribution in [3.8, 4) is 11.4 Å². The highest BCUT2D eigenvalue weighted by Crippen LogP contribution is 2.26. The number of benzene rings is 2. The average Bonchev–Trinajstić information content (AvgIpc) is 2.90. The van der Waals surface area contributed by atoms with E-state index in [0.29, 0.717) is 16.5 Å². The van der Waals surface area contributed by atoms with Crippen LogP contribution in [0.1, 0.15) is 16.7 Å². The van der Waals surface area contributed by atoms with Crippen LogP contribution < -0.4 is 5.84 Å². The van der Waals surface area contributed by atoms with Gasteiger partial charge in [0.25, 0.3) is 0 Å². The molecule has 0 amide bonds. The van der Waals surface area contributed by atoms with Gasteiger partial charge in [-0.2, -0.15) is 0 Å². The Bertz CT molecular complexity index is 844. The zero-order valence-corrected chi connectivity index (χ0v) is 13.8. The van der Waals surface area contributed by atoms with Crippen molar-refractivity contribution >= 4 is 11.8 Å². The third-order valence-corrected chi connectivity index (χ3v) is 4.73. The minimum Gasteiger partial charge on any atom is -0.335 e. The fourth-order valence-electron chi connectivity index (χ4n) is 2.24. The van der Waals surface area contributed by atoms with Crippen LogP contribution in [-0.4, -0.2) is 14.9 Å². The van der Waals surface area contributed by atoms with Crippen molar-refractivity contribution in [2.24, 2.45) is 0 Å². The Morgan fingerprint density at radius 3 is 2.61 bits per heavy atom. The minimum absolute atomic E-state index is 0.325. The highest BCUT2D eigenvalue weighted by Gasteiger charge is 2.15. The van der Waals surface area contributed by atoms with Gasteiger partial charge in [0.15, 0.2) is 5.82 Å². The number of nitrogens with zero attached hydrogens (tertiary/aromatic N) is 3. The van der Waals surface area contributed by atoms with Crippen molar-refractivity contribution in [1.82, 2.24) is 14.9 Å². The summed E-state index contributed by atoms with van der Waals surface area (Å²) in [6, 6.07) is 12.7. The third kappa shape index (κ3) is 3.22. The van der Waals surface area contributed by atoms with E-state index in [1.165, 1.54) is 39.2 Å². The molecule has 2 aromatic carbocycles. The van der Waals surface area contributed by atoms with Gasteiger partial charge >= 0.3 is 0 Å². The predicted molar refractivity (Wildman–Crippen MR) is 91.0 cm³/mol. The molecule has 0 radical (unpaired) electrons. The molecule has 0 saturated heterocycles. The molecule has 3 aromatic rings. The Morgan fingerprint density at radius 2 is 1.87 bits per heavy atom. The topological polar surface area (TPSA) is 56.7 Å². The zero-order valence-electron chi connectivity index (χ0n) is 13.0. The quantitative estimate of drug-likeness (QED) is 0.586. The minimum atomic E-state index is -0.364. The Balaban J connectivity index is 1.80. The van der Waals surface area contributed by atoms with Crippen LogP contribution in [0.4, 0.5) is 4.39 Å². The maximum absolute atomic E-state index is 13.9. The molecule has 6 heteroatoms. The summed E-state index contributed by atoms with van der Waals surface area (Å²) in [4.78, 5) is 0. The summed E-state index contributed by atoms with van der Waals surface area (Å²) < 4.78 is 15.2. The Labute approximate surface area is 138 Å². The lowest BCUT2D eigenvalue weighted by atomic mass is 10.1. The van der Waals surface area contributed by atoms with E-state index in [9.17, 15) is 4.39 Å². The molecular formula is C17H17FN4S. The highest BCUT2D eigenvalue weighted by molar-refractivity contribution is 7.98. The van der Waals surface area contributed by atoms with Gasteiger partial charge in [-0.3, -0.25) is 0 Å². The van der Waals surface area contributed by atoms with Crippen LogP contribution in [0.2, 0.25) is 0 Å². The van der Waals surface area contributed by atoms with E-state index in [4.69, 9.17) is 5.84 Å². The largest absolute Gasteiger partial charge is 0.335 e. The Morgan fingerprint density at radius 1 is 1.09 bits per heavy atom. The molecule has 0 saturated carbocycles. The van der Waals surface area contributed by atoms with Gasteiger partial charge in [0.2, 0.25) is 5.16 Å². The number of halogens is 1. The third-order valence-electron chi connectivity index (χ3n) is 3.72. The molecule has 1 heterocycles. The second-order valence-corrected chi connectivity index (χ2v) is 6.31. The molecule has 0 aliphatic heterocycles. The van der Waals surface area contributed by atoms with E-state index < -0.39 is 0 Å². The van der Waals surface area contributed by atoms with Gasteiger partial charge in [-0.25, -0.2) is 9.07 Å². The number of thioether (sulfide) groups is 1. The molecule has 118 valence electrons. The van der Waals surface area contributed by atoms with E-state index in [-0.39, 0.29) is 5.82 Å². The van der Waals surface area contributed by atoms with Crippen molar-refractivity contribution in [2.45, 2.75) is 24.8 Å². The van der Waals surface area contributed by atoms with E-state index in [1.54, 1.807) is 18.2 Å². The summed E-state index contributed by atoms with van der Waals surface area (Å²) in [5, 5.41) is 8.65. The van der Waals surface area contributed by atoms with Gasteiger partial charge in [-0.1, -0.05) is 42.1 Å². The summed E-state index contributed by atoms with van der Waals surface area (Å²) >= 11 is 1.48. The van der Waals surface area contributed by atoms with Crippen LogP contribution in [0.5, 0.6) is 0 Å². The first-order valence-corrected chi connectivity index (χ1v) is 8.19. The van der Waals surface area contributed by atoms with Gasteiger partial charge in [0, 0.05) is 5.75 Å². The molecule has 0 unspecified atom stereocenters. The lowest BCUT2D eigenvalue weighted by Crippen LogP contribution is -2.12. The smallest absolute Gasteiger partial charge is 0.210 e. The molecule has 0 aliphatic rings.